The number of carbonyl (C=O) groups excluding carboxylic acids is 1. The van der Waals surface area contributed by atoms with Crippen molar-refractivity contribution in [3.8, 4) is 23.0 Å². The van der Waals surface area contributed by atoms with E-state index in [2.05, 4.69) is 26.4 Å². The Hall–Kier alpha value is -4.09. The maximum absolute atomic E-state index is 16.0. The molecule has 12 heteroatoms. The summed E-state index contributed by atoms with van der Waals surface area (Å²) in [6.07, 6.45) is 5.63. The largest absolute Gasteiger partial charge is 0.508 e. The summed E-state index contributed by atoms with van der Waals surface area (Å²) in [5.41, 5.74) is 0.390. The lowest BCUT2D eigenvalue weighted by Crippen LogP contribution is -2.53. The summed E-state index contributed by atoms with van der Waals surface area (Å²) < 4.78 is 33.9. The third-order valence-electron chi connectivity index (χ3n) is 8.79. The number of hydrogen-bond donors (Lipinski definition) is 1. The normalized spacial score (nSPS) is 19.6. The van der Waals surface area contributed by atoms with E-state index in [-0.39, 0.29) is 34.8 Å². The zero-order chi connectivity index (χ0) is 31.8. The Labute approximate surface area is 265 Å². The van der Waals surface area contributed by atoms with Gasteiger partial charge in [0, 0.05) is 67.4 Å². The maximum atomic E-state index is 16.0. The second-order valence-corrected chi connectivity index (χ2v) is 12.3. The van der Waals surface area contributed by atoms with Crippen molar-refractivity contribution in [3.63, 3.8) is 0 Å². The number of aromatic nitrogens is 3. The molecule has 2 aromatic carbocycles. The number of pyridine rings is 1. The Bertz CT molecular complexity index is 1760. The van der Waals surface area contributed by atoms with Crippen molar-refractivity contribution in [2.45, 2.75) is 31.5 Å². The first-order valence-electron chi connectivity index (χ1n) is 15.0. The molecule has 4 aromatic rings. The monoisotopic (exact) mass is 636 g/mol. The zero-order valence-electron chi connectivity index (χ0n) is 25.2. The first-order valence-corrected chi connectivity index (χ1v) is 15.4. The van der Waals surface area contributed by atoms with E-state index in [9.17, 15) is 14.3 Å². The van der Waals surface area contributed by atoms with Crippen molar-refractivity contribution in [1.29, 1.82) is 0 Å². The van der Waals surface area contributed by atoms with Gasteiger partial charge in [-0.25, -0.2) is 8.78 Å². The topological polar surface area (TPSA) is 94.9 Å². The molecule has 1 N–H and O–H groups in total. The third-order valence-corrected chi connectivity index (χ3v) is 9.10. The quantitative estimate of drug-likeness (QED) is 0.273. The highest BCUT2D eigenvalue weighted by Crippen LogP contribution is 2.39. The molecule has 3 aliphatic heterocycles. The molecule has 0 saturated carbocycles. The van der Waals surface area contributed by atoms with Crippen LogP contribution in [0, 0.1) is 11.7 Å². The SMILES string of the molecule is C=CC(=O)N1CC(CN(C)c2nc(OC)nc3c(F)c(-c4cc(O)cc5cccc(Cl)c45)ncc23)C1.FC1CC2CCCN2C1. The highest BCUT2D eigenvalue weighted by Gasteiger charge is 2.35. The van der Waals surface area contributed by atoms with E-state index >= 15 is 4.39 Å². The van der Waals surface area contributed by atoms with E-state index in [0.29, 0.717) is 64.8 Å². The van der Waals surface area contributed by atoms with Gasteiger partial charge in [0.05, 0.1) is 12.5 Å². The van der Waals surface area contributed by atoms with Crippen LogP contribution in [0.2, 0.25) is 5.02 Å². The van der Waals surface area contributed by atoms with Crippen molar-refractivity contribution in [2.24, 2.45) is 5.92 Å². The van der Waals surface area contributed by atoms with Gasteiger partial charge in [-0.3, -0.25) is 14.7 Å². The van der Waals surface area contributed by atoms with Gasteiger partial charge in [0.25, 0.3) is 0 Å². The molecule has 3 aliphatic rings. The van der Waals surface area contributed by atoms with Gasteiger partial charge in [-0.2, -0.15) is 9.97 Å². The molecule has 2 unspecified atom stereocenters. The van der Waals surface area contributed by atoms with Crippen molar-refractivity contribution in [1.82, 2.24) is 24.8 Å². The number of carbonyl (C=O) groups is 1. The zero-order valence-corrected chi connectivity index (χ0v) is 26.0. The van der Waals surface area contributed by atoms with Gasteiger partial charge < -0.3 is 19.6 Å². The van der Waals surface area contributed by atoms with Gasteiger partial charge in [-0.15, -0.1) is 0 Å². The standard InChI is InChI=1S/C26H23ClFN5O3.C7H12FN/c1-4-20(35)33-12-14(13-33)11-32(2)25-18-10-29-23(22(28)24(18)30-26(31-25)36-3)17-9-16(34)8-15-6-5-7-19(27)21(15)17;8-6-4-7-2-1-3-9(7)5-6/h4-10,14,34H,1,11-13H2,2-3H3;6-7H,1-5H2. The number of phenols is 1. The second kappa shape index (κ2) is 12.7. The molecule has 3 saturated heterocycles. The Morgan fingerprint density at radius 2 is 2.07 bits per heavy atom. The minimum Gasteiger partial charge on any atom is -0.508 e. The first kappa shape index (κ1) is 30.9. The Morgan fingerprint density at radius 3 is 2.80 bits per heavy atom. The molecule has 45 heavy (non-hydrogen) atoms. The Balaban J connectivity index is 0.000000337. The van der Waals surface area contributed by atoms with Crippen LogP contribution >= 0.6 is 11.6 Å². The van der Waals surface area contributed by atoms with Crippen LogP contribution in [-0.2, 0) is 4.79 Å². The molecule has 7 rings (SSSR count). The number of amides is 1. The van der Waals surface area contributed by atoms with Crippen molar-refractivity contribution in [3.05, 3.63) is 60.0 Å². The van der Waals surface area contributed by atoms with Crippen molar-refractivity contribution >= 4 is 45.0 Å². The van der Waals surface area contributed by atoms with Gasteiger partial charge in [0.15, 0.2) is 5.82 Å². The third kappa shape index (κ3) is 6.11. The van der Waals surface area contributed by atoms with Crippen molar-refractivity contribution in [2.75, 3.05) is 51.8 Å². The molecule has 0 aliphatic carbocycles. The predicted molar refractivity (Wildman–Crippen MR) is 171 cm³/mol. The fourth-order valence-electron chi connectivity index (χ4n) is 6.64. The number of rotatable bonds is 6. The first-order chi connectivity index (χ1) is 21.7. The Kier molecular flexibility index (Phi) is 8.74. The molecule has 0 spiro atoms. The lowest BCUT2D eigenvalue weighted by molar-refractivity contribution is -0.131. The van der Waals surface area contributed by atoms with Gasteiger partial charge in [0.2, 0.25) is 5.91 Å². The molecule has 5 heterocycles. The number of fused-ring (bicyclic) bond motifs is 3. The number of nitrogens with zero attached hydrogens (tertiary/aromatic N) is 6. The van der Waals surface area contributed by atoms with E-state index in [4.69, 9.17) is 16.3 Å². The molecule has 2 aromatic heterocycles. The minimum atomic E-state index is -0.680. The van der Waals surface area contributed by atoms with Gasteiger partial charge in [-0.1, -0.05) is 30.3 Å². The minimum absolute atomic E-state index is 0.00317. The van der Waals surface area contributed by atoms with E-state index in [1.54, 1.807) is 29.2 Å². The van der Waals surface area contributed by atoms with Crippen molar-refractivity contribution < 1.29 is 23.4 Å². The summed E-state index contributed by atoms with van der Waals surface area (Å²) in [5.74, 6) is -0.122. The average Bonchev–Trinajstić information content (AvgIpc) is 3.59. The fourth-order valence-corrected chi connectivity index (χ4v) is 6.92. The molecular weight excluding hydrogens is 602 g/mol. The van der Waals surface area contributed by atoms with Crippen LogP contribution in [0.5, 0.6) is 11.8 Å². The average molecular weight is 637 g/mol. The number of likely N-dealkylation sites (tertiary alicyclic amines) is 1. The summed E-state index contributed by atoms with van der Waals surface area (Å²) >= 11 is 6.44. The summed E-state index contributed by atoms with van der Waals surface area (Å²) in [6, 6.07) is 8.86. The summed E-state index contributed by atoms with van der Waals surface area (Å²) in [7, 11) is 3.26. The van der Waals surface area contributed by atoms with E-state index in [0.717, 1.165) is 13.0 Å². The van der Waals surface area contributed by atoms with E-state index < -0.39 is 12.0 Å². The van der Waals surface area contributed by atoms with Crippen LogP contribution in [0.25, 0.3) is 32.9 Å². The number of hydrogen-bond acceptors (Lipinski definition) is 8. The molecule has 9 nitrogen and oxygen atoms in total. The Morgan fingerprint density at radius 1 is 1.27 bits per heavy atom. The molecule has 3 fully saturated rings. The number of anilines is 1. The summed E-state index contributed by atoms with van der Waals surface area (Å²) in [4.78, 5) is 30.8. The number of methoxy groups -OCH3 is 1. The van der Waals surface area contributed by atoms with Gasteiger partial charge in [0.1, 0.15) is 28.9 Å². The van der Waals surface area contributed by atoms with Gasteiger partial charge >= 0.3 is 6.01 Å². The molecular formula is C33H35ClF2N6O3. The highest BCUT2D eigenvalue weighted by atomic mass is 35.5. The van der Waals surface area contributed by atoms with E-state index in [1.165, 1.54) is 38.3 Å². The lowest BCUT2D eigenvalue weighted by atomic mass is 9.99. The molecule has 0 radical (unpaired) electrons. The highest BCUT2D eigenvalue weighted by molar-refractivity contribution is 6.36. The lowest BCUT2D eigenvalue weighted by Gasteiger charge is -2.40. The predicted octanol–water partition coefficient (Wildman–Crippen LogP) is 5.62. The van der Waals surface area contributed by atoms with Crippen LogP contribution in [0.1, 0.15) is 19.3 Å². The number of halogens is 3. The molecule has 2 atom stereocenters. The number of alkyl halides is 1. The molecule has 0 bridgehead atoms. The fraction of sp³-hybridized carbons (Fsp3) is 0.394. The van der Waals surface area contributed by atoms with Crippen LogP contribution in [0.4, 0.5) is 14.6 Å². The number of benzene rings is 2. The van der Waals surface area contributed by atoms with E-state index in [1.807, 2.05) is 11.9 Å². The van der Waals surface area contributed by atoms with Crippen LogP contribution < -0.4 is 9.64 Å². The second-order valence-electron chi connectivity index (χ2n) is 11.9. The van der Waals surface area contributed by atoms with Gasteiger partial charge in [-0.05, 0) is 55.5 Å². The van der Waals surface area contributed by atoms with Crippen LogP contribution in [0.3, 0.4) is 0 Å². The van der Waals surface area contributed by atoms with Crippen LogP contribution in [0.15, 0.2) is 49.2 Å². The molecule has 1 amide bonds. The number of phenolic OH excluding ortho intramolecular Hbond substituents is 1. The summed E-state index contributed by atoms with van der Waals surface area (Å²) in [5, 5.41) is 12.3. The molecule has 236 valence electrons. The number of aromatic hydroxyl groups is 1. The maximum Gasteiger partial charge on any atom is 0.318 e. The smallest absolute Gasteiger partial charge is 0.318 e. The number of ether oxygens (including phenoxy) is 1. The summed E-state index contributed by atoms with van der Waals surface area (Å²) in [6.45, 7) is 7.18. The van der Waals surface area contributed by atoms with Crippen LogP contribution in [-0.4, -0.2) is 94.9 Å².